The number of ether oxygens (including phenoxy) is 4. The summed E-state index contributed by atoms with van der Waals surface area (Å²) in [6.07, 6.45) is 1.53. The van der Waals surface area contributed by atoms with Gasteiger partial charge >= 0.3 is 0 Å². The maximum absolute atomic E-state index is 13.8. The summed E-state index contributed by atoms with van der Waals surface area (Å²) >= 11 is 1.35. The van der Waals surface area contributed by atoms with Crippen LogP contribution in [0.15, 0.2) is 132 Å². The monoisotopic (exact) mass is 703 g/mol. The molecule has 5 aromatic carbocycles. The Hall–Kier alpha value is -6.20. The summed E-state index contributed by atoms with van der Waals surface area (Å²) in [5.74, 6) is 0.840. The van der Waals surface area contributed by atoms with Crippen LogP contribution in [0, 0.1) is 0 Å². The van der Waals surface area contributed by atoms with E-state index in [4.69, 9.17) is 18.9 Å². The van der Waals surface area contributed by atoms with Crippen molar-refractivity contribution in [1.82, 2.24) is 5.32 Å². The van der Waals surface area contributed by atoms with Gasteiger partial charge in [0.15, 0.2) is 0 Å². The molecule has 0 fully saturated rings. The minimum absolute atomic E-state index is 0.0114. The molecule has 1 unspecified atom stereocenters. The van der Waals surface area contributed by atoms with Gasteiger partial charge in [0.1, 0.15) is 33.9 Å². The van der Waals surface area contributed by atoms with Crippen LogP contribution in [0.25, 0.3) is 6.08 Å². The van der Waals surface area contributed by atoms with Crippen LogP contribution in [0.2, 0.25) is 0 Å². The van der Waals surface area contributed by atoms with E-state index in [1.807, 2.05) is 42.5 Å². The van der Waals surface area contributed by atoms with Crippen molar-refractivity contribution in [2.24, 2.45) is 0 Å². The first-order valence-electron chi connectivity index (χ1n) is 15.8. The molecule has 0 saturated carbocycles. The van der Waals surface area contributed by atoms with Crippen molar-refractivity contribution in [2.75, 3.05) is 39.1 Å². The van der Waals surface area contributed by atoms with E-state index in [1.165, 1.54) is 39.2 Å². The molecule has 260 valence electrons. The van der Waals surface area contributed by atoms with Crippen LogP contribution in [0.4, 0.5) is 11.4 Å². The Morgan fingerprint density at radius 3 is 1.88 bits per heavy atom. The van der Waals surface area contributed by atoms with E-state index < -0.39 is 17.1 Å². The largest absolute Gasteiger partial charge is 0.497 e. The number of thioether (sulfide) groups is 1. The van der Waals surface area contributed by atoms with Crippen LogP contribution in [-0.2, 0) is 9.59 Å². The molecule has 0 bridgehead atoms. The predicted octanol–water partition coefficient (Wildman–Crippen LogP) is 7.60. The first kappa shape index (κ1) is 36.1. The van der Waals surface area contributed by atoms with Gasteiger partial charge in [-0.1, -0.05) is 48.5 Å². The van der Waals surface area contributed by atoms with E-state index in [0.717, 1.165) is 10.5 Å². The van der Waals surface area contributed by atoms with Crippen molar-refractivity contribution >= 4 is 46.9 Å². The second kappa shape index (κ2) is 17.5. The minimum atomic E-state index is -0.622. The molecule has 51 heavy (non-hydrogen) atoms. The molecule has 0 heterocycles. The lowest BCUT2D eigenvalue weighted by Crippen LogP contribution is -2.30. The molecule has 0 spiro atoms. The van der Waals surface area contributed by atoms with Crippen LogP contribution >= 0.6 is 11.8 Å². The van der Waals surface area contributed by atoms with Crippen molar-refractivity contribution in [3.63, 3.8) is 0 Å². The molecule has 5 rings (SSSR count). The Morgan fingerprint density at radius 1 is 0.647 bits per heavy atom. The number of benzene rings is 5. The van der Waals surface area contributed by atoms with Gasteiger partial charge in [0.05, 0.1) is 34.1 Å². The van der Waals surface area contributed by atoms with Crippen LogP contribution < -0.4 is 34.9 Å². The highest BCUT2D eigenvalue weighted by molar-refractivity contribution is 8.00. The number of methoxy groups -OCH3 is 4. The quantitative estimate of drug-likeness (QED) is 0.0798. The second-order valence-electron chi connectivity index (χ2n) is 10.9. The van der Waals surface area contributed by atoms with Gasteiger partial charge in [-0.05, 0) is 78.4 Å². The highest BCUT2D eigenvalue weighted by Gasteiger charge is 2.24. The smallest absolute Gasteiger partial charge is 0.272 e. The third kappa shape index (κ3) is 9.49. The molecule has 1 atom stereocenters. The zero-order valence-electron chi connectivity index (χ0n) is 28.5. The van der Waals surface area contributed by atoms with Crippen LogP contribution in [0.5, 0.6) is 23.0 Å². The van der Waals surface area contributed by atoms with E-state index in [-0.39, 0.29) is 11.6 Å². The Bertz CT molecular complexity index is 2000. The Morgan fingerprint density at radius 2 is 1.25 bits per heavy atom. The molecule has 0 saturated heterocycles. The third-order valence-electron chi connectivity index (χ3n) is 7.64. The van der Waals surface area contributed by atoms with E-state index in [0.29, 0.717) is 45.5 Å². The van der Waals surface area contributed by atoms with Crippen LogP contribution in [0.3, 0.4) is 0 Å². The van der Waals surface area contributed by atoms with Crippen LogP contribution in [0.1, 0.15) is 26.7 Å². The number of carbonyl (C=O) groups excluding carboxylic acids is 3. The van der Waals surface area contributed by atoms with E-state index >= 15 is 0 Å². The predicted molar refractivity (Wildman–Crippen MR) is 200 cm³/mol. The molecule has 0 aliphatic rings. The fourth-order valence-electron chi connectivity index (χ4n) is 5.01. The molecule has 0 aromatic heterocycles. The lowest BCUT2D eigenvalue weighted by Gasteiger charge is -2.19. The van der Waals surface area contributed by atoms with Crippen molar-refractivity contribution < 1.29 is 33.3 Å². The lowest BCUT2D eigenvalue weighted by molar-refractivity contribution is -0.116. The highest BCUT2D eigenvalue weighted by Crippen LogP contribution is 2.38. The number of carbonyl (C=O) groups is 3. The Kier molecular flexibility index (Phi) is 12.4. The topological polar surface area (TPSA) is 124 Å². The van der Waals surface area contributed by atoms with Crippen molar-refractivity contribution in [3.05, 3.63) is 144 Å². The maximum Gasteiger partial charge on any atom is 0.272 e. The standard InChI is InChI=1S/C40H37N3O7S/c1-47-30-17-21-35(49-3)28(23-30)24-34(43-38(44)27-13-9-6-10-14-27)39(45)41-29-15-19-32(20-16-29)51-37(26-11-7-5-8-12-26)40(46)42-33-25-31(48-2)18-22-36(33)50-4/h5-25,37H,1-4H3,(H,41,45)(H,42,46)(H,43,44)/b34-24-. The Labute approximate surface area is 300 Å². The van der Waals surface area contributed by atoms with Gasteiger partial charge in [-0.2, -0.15) is 0 Å². The van der Waals surface area contributed by atoms with E-state index in [2.05, 4.69) is 16.0 Å². The van der Waals surface area contributed by atoms with Gasteiger partial charge in [0.2, 0.25) is 5.91 Å². The summed E-state index contributed by atoms with van der Waals surface area (Å²) < 4.78 is 21.7. The fourth-order valence-corrected chi connectivity index (χ4v) is 6.04. The molecule has 0 aliphatic heterocycles. The maximum atomic E-state index is 13.8. The number of hydrogen-bond acceptors (Lipinski definition) is 8. The zero-order valence-corrected chi connectivity index (χ0v) is 29.3. The molecular formula is C40H37N3O7S. The second-order valence-corrected chi connectivity index (χ2v) is 12.1. The van der Waals surface area contributed by atoms with Gasteiger partial charge in [0, 0.05) is 27.8 Å². The lowest BCUT2D eigenvalue weighted by atomic mass is 10.1. The van der Waals surface area contributed by atoms with Crippen molar-refractivity contribution in [1.29, 1.82) is 0 Å². The summed E-state index contributed by atoms with van der Waals surface area (Å²) in [5, 5.41) is 7.98. The number of rotatable bonds is 14. The molecule has 11 heteroatoms. The van der Waals surface area contributed by atoms with Gasteiger partial charge in [-0.3, -0.25) is 14.4 Å². The first-order chi connectivity index (χ1) is 24.8. The molecule has 0 radical (unpaired) electrons. The Balaban J connectivity index is 1.37. The van der Waals surface area contributed by atoms with Crippen LogP contribution in [-0.4, -0.2) is 46.2 Å². The molecule has 3 N–H and O–H groups in total. The average molecular weight is 704 g/mol. The molecular weight excluding hydrogens is 667 g/mol. The normalized spacial score (nSPS) is 11.5. The summed E-state index contributed by atoms with van der Waals surface area (Å²) in [6, 6.07) is 35.5. The molecule has 0 aliphatic carbocycles. The van der Waals surface area contributed by atoms with Gasteiger partial charge in [0.25, 0.3) is 11.8 Å². The molecule has 5 aromatic rings. The molecule has 10 nitrogen and oxygen atoms in total. The summed E-state index contributed by atoms with van der Waals surface area (Å²) in [6.45, 7) is 0. The number of hydrogen-bond donors (Lipinski definition) is 3. The summed E-state index contributed by atoms with van der Waals surface area (Å²) in [7, 11) is 6.14. The van der Waals surface area contributed by atoms with Crippen molar-refractivity contribution in [2.45, 2.75) is 10.1 Å². The third-order valence-corrected chi connectivity index (χ3v) is 8.90. The van der Waals surface area contributed by atoms with Gasteiger partial charge in [-0.25, -0.2) is 0 Å². The van der Waals surface area contributed by atoms with E-state index in [9.17, 15) is 14.4 Å². The number of nitrogens with one attached hydrogen (secondary N) is 3. The highest BCUT2D eigenvalue weighted by atomic mass is 32.2. The van der Waals surface area contributed by atoms with Gasteiger partial charge in [-0.15, -0.1) is 11.8 Å². The van der Waals surface area contributed by atoms with Crippen molar-refractivity contribution in [3.8, 4) is 23.0 Å². The number of anilines is 2. The molecule has 3 amide bonds. The SMILES string of the molecule is COc1ccc(OC)c(/C=C(\NC(=O)c2ccccc2)C(=O)Nc2ccc(SC(C(=O)Nc3cc(OC)ccc3OC)c3ccccc3)cc2)c1. The first-order valence-corrected chi connectivity index (χ1v) is 16.7. The van der Waals surface area contributed by atoms with E-state index in [1.54, 1.807) is 86.0 Å². The minimum Gasteiger partial charge on any atom is -0.497 e. The summed E-state index contributed by atoms with van der Waals surface area (Å²) in [5.41, 5.74) is 2.66. The summed E-state index contributed by atoms with van der Waals surface area (Å²) in [4.78, 5) is 41.4. The van der Waals surface area contributed by atoms with Gasteiger partial charge < -0.3 is 34.9 Å². The average Bonchev–Trinajstić information content (AvgIpc) is 3.17. The fraction of sp³-hybridized carbons (Fsp3) is 0.125. The number of amides is 3. The zero-order chi connectivity index (χ0) is 36.2.